The molecule has 1 nitrogen and oxygen atoms in total. The Hall–Kier alpha value is -1.50. The Balaban J connectivity index is 2.46. The minimum atomic E-state index is 0.588. The molecule has 0 aliphatic heterocycles. The molecule has 0 spiro atoms. The maximum absolute atomic E-state index is 5.52. The molecule has 0 heterocycles. The highest BCUT2D eigenvalue weighted by molar-refractivity contribution is 5.20. The Kier molecular flexibility index (Phi) is 3.99. The average Bonchev–Trinajstić information content (AvgIpc) is 2.26. The lowest BCUT2D eigenvalue weighted by molar-refractivity contribution is 0.208. The van der Waals surface area contributed by atoms with Crippen LogP contribution in [0.1, 0.15) is 19.4 Å². The van der Waals surface area contributed by atoms with Crippen LogP contribution in [0.4, 0.5) is 0 Å². The molecule has 74 valence electrons. The lowest BCUT2D eigenvalue weighted by Crippen LogP contribution is -1.93. The van der Waals surface area contributed by atoms with Crippen molar-refractivity contribution in [3.63, 3.8) is 0 Å². The van der Waals surface area contributed by atoms with E-state index in [1.165, 1.54) is 0 Å². The summed E-state index contributed by atoms with van der Waals surface area (Å²) in [6.07, 6.45) is 1.99. The fraction of sp³-hybridized carbons (Fsp3) is 0.231. The molecule has 0 aliphatic rings. The van der Waals surface area contributed by atoms with Crippen LogP contribution in [-0.2, 0) is 11.3 Å². The van der Waals surface area contributed by atoms with E-state index >= 15 is 0 Å². The molecule has 0 aliphatic carbocycles. The summed E-state index contributed by atoms with van der Waals surface area (Å²) >= 11 is 0. The van der Waals surface area contributed by atoms with Gasteiger partial charge >= 0.3 is 0 Å². The first kappa shape index (κ1) is 10.6. The highest BCUT2D eigenvalue weighted by Crippen LogP contribution is 2.11. The quantitative estimate of drug-likeness (QED) is 0.517. The number of rotatable bonds is 4. The highest BCUT2D eigenvalue weighted by Gasteiger charge is 1.97. The van der Waals surface area contributed by atoms with Gasteiger partial charge in [-0.1, -0.05) is 43.0 Å². The molecule has 0 fully saturated rings. The Morgan fingerprint density at radius 1 is 1.36 bits per heavy atom. The Labute approximate surface area is 85.7 Å². The zero-order chi connectivity index (χ0) is 10.4. The molecule has 0 unspecified atom stereocenters. The van der Waals surface area contributed by atoms with Crippen LogP contribution in [0.15, 0.2) is 54.3 Å². The molecule has 1 heteroatoms. The van der Waals surface area contributed by atoms with Gasteiger partial charge in [-0.25, -0.2) is 0 Å². The smallest absolute Gasteiger partial charge is 0.115 e. The summed E-state index contributed by atoms with van der Waals surface area (Å²) in [6.45, 7) is 8.41. The van der Waals surface area contributed by atoms with Crippen LogP contribution < -0.4 is 0 Å². The summed E-state index contributed by atoms with van der Waals surface area (Å²) in [5.41, 5.74) is 2.25. The second-order valence-corrected chi connectivity index (χ2v) is 3.17. The summed E-state index contributed by atoms with van der Waals surface area (Å²) in [4.78, 5) is 0. The van der Waals surface area contributed by atoms with Gasteiger partial charge in [0.15, 0.2) is 0 Å². The third-order valence-corrected chi connectivity index (χ3v) is 2.13. The van der Waals surface area contributed by atoms with Crippen molar-refractivity contribution in [1.82, 2.24) is 0 Å². The van der Waals surface area contributed by atoms with Crippen molar-refractivity contribution in [3.8, 4) is 0 Å². The van der Waals surface area contributed by atoms with E-state index in [9.17, 15) is 0 Å². The maximum atomic E-state index is 5.52. The summed E-state index contributed by atoms with van der Waals surface area (Å²) in [5.74, 6) is 0.747. The molecular weight excluding hydrogens is 172 g/mol. The minimum Gasteiger partial charge on any atom is -0.489 e. The molecule has 1 aromatic rings. The summed E-state index contributed by atoms with van der Waals surface area (Å²) in [5, 5.41) is 0. The zero-order valence-electron chi connectivity index (χ0n) is 8.79. The zero-order valence-corrected chi connectivity index (χ0v) is 8.79. The predicted octanol–water partition coefficient (Wildman–Crippen LogP) is 3.68. The number of hydrogen-bond donors (Lipinski definition) is 0. The molecule has 0 bridgehead atoms. The van der Waals surface area contributed by atoms with Gasteiger partial charge in [0.05, 0.1) is 0 Å². The van der Waals surface area contributed by atoms with E-state index in [1.54, 1.807) is 0 Å². The summed E-state index contributed by atoms with van der Waals surface area (Å²) in [7, 11) is 0. The van der Waals surface area contributed by atoms with Crippen molar-refractivity contribution in [2.24, 2.45) is 0 Å². The van der Waals surface area contributed by atoms with E-state index in [0.717, 1.165) is 16.9 Å². The lowest BCUT2D eigenvalue weighted by atomic mass is 10.2. The average molecular weight is 188 g/mol. The number of hydrogen-bond acceptors (Lipinski definition) is 1. The molecule has 0 atom stereocenters. The minimum absolute atomic E-state index is 0.588. The molecule has 0 aromatic heterocycles. The van der Waals surface area contributed by atoms with Gasteiger partial charge in [-0.15, -0.1) is 0 Å². The van der Waals surface area contributed by atoms with Gasteiger partial charge in [-0.2, -0.15) is 0 Å². The number of allylic oxidation sites excluding steroid dienone is 2. The lowest BCUT2D eigenvalue weighted by Gasteiger charge is -2.08. The van der Waals surface area contributed by atoms with E-state index in [-0.39, 0.29) is 0 Å². The molecule has 0 saturated heterocycles. The Morgan fingerprint density at radius 2 is 2.00 bits per heavy atom. The van der Waals surface area contributed by atoms with Crippen LogP contribution in [0, 0.1) is 0 Å². The van der Waals surface area contributed by atoms with Crippen molar-refractivity contribution in [2.45, 2.75) is 20.5 Å². The highest BCUT2D eigenvalue weighted by atomic mass is 16.5. The molecule has 14 heavy (non-hydrogen) atoms. The van der Waals surface area contributed by atoms with Gasteiger partial charge in [-0.3, -0.25) is 0 Å². The van der Waals surface area contributed by atoms with Crippen LogP contribution >= 0.6 is 0 Å². The van der Waals surface area contributed by atoms with Crippen molar-refractivity contribution in [2.75, 3.05) is 0 Å². The fourth-order valence-corrected chi connectivity index (χ4v) is 1.02. The van der Waals surface area contributed by atoms with Gasteiger partial charge < -0.3 is 4.74 Å². The Morgan fingerprint density at radius 3 is 2.57 bits per heavy atom. The third-order valence-electron chi connectivity index (χ3n) is 2.13. The van der Waals surface area contributed by atoms with Crippen LogP contribution in [0.3, 0.4) is 0 Å². The predicted molar refractivity (Wildman–Crippen MR) is 59.8 cm³/mol. The summed E-state index contributed by atoms with van der Waals surface area (Å²) < 4.78 is 5.52. The number of ether oxygens (including phenoxy) is 1. The van der Waals surface area contributed by atoms with Crippen molar-refractivity contribution >= 4 is 0 Å². The maximum Gasteiger partial charge on any atom is 0.115 e. The van der Waals surface area contributed by atoms with E-state index in [4.69, 9.17) is 4.74 Å². The van der Waals surface area contributed by atoms with Gasteiger partial charge in [-0.05, 0) is 25.0 Å². The molecular formula is C13H16O. The molecule has 1 rings (SSSR count). The Bertz CT molecular complexity index is 322. The molecule has 1 aromatic carbocycles. The molecule has 0 amide bonds. The van der Waals surface area contributed by atoms with Crippen molar-refractivity contribution in [1.29, 1.82) is 0 Å². The van der Waals surface area contributed by atoms with Crippen LogP contribution in [0.25, 0.3) is 0 Å². The second kappa shape index (κ2) is 5.28. The molecule has 0 saturated carbocycles. The third kappa shape index (κ3) is 3.09. The van der Waals surface area contributed by atoms with Crippen LogP contribution in [-0.4, -0.2) is 0 Å². The summed E-state index contributed by atoms with van der Waals surface area (Å²) in [6, 6.07) is 10.1. The SMILES string of the molecule is C=C(OCc1ccccc1)/C(C)=C\C. The topological polar surface area (TPSA) is 9.23 Å². The van der Waals surface area contributed by atoms with E-state index in [0.29, 0.717) is 6.61 Å². The molecule has 0 radical (unpaired) electrons. The molecule has 0 N–H and O–H groups in total. The largest absolute Gasteiger partial charge is 0.489 e. The number of benzene rings is 1. The monoisotopic (exact) mass is 188 g/mol. The van der Waals surface area contributed by atoms with Crippen molar-refractivity contribution in [3.05, 3.63) is 59.9 Å². The van der Waals surface area contributed by atoms with Gasteiger partial charge in [0, 0.05) is 0 Å². The van der Waals surface area contributed by atoms with Gasteiger partial charge in [0.2, 0.25) is 0 Å². The first-order chi connectivity index (χ1) is 6.74. The van der Waals surface area contributed by atoms with Gasteiger partial charge in [0.25, 0.3) is 0 Å². The fourth-order valence-electron chi connectivity index (χ4n) is 1.02. The van der Waals surface area contributed by atoms with Crippen LogP contribution in [0.5, 0.6) is 0 Å². The van der Waals surface area contributed by atoms with Crippen LogP contribution in [0.2, 0.25) is 0 Å². The second-order valence-electron chi connectivity index (χ2n) is 3.17. The normalized spacial score (nSPS) is 11.1. The van der Waals surface area contributed by atoms with E-state index < -0.39 is 0 Å². The first-order valence-electron chi connectivity index (χ1n) is 4.73. The standard InChI is InChI=1S/C13H16O/c1-4-11(2)12(3)14-10-13-8-6-5-7-9-13/h4-9H,3,10H2,1-2H3/b11-4-. The van der Waals surface area contributed by atoms with Crippen molar-refractivity contribution < 1.29 is 4.74 Å². The first-order valence-corrected chi connectivity index (χ1v) is 4.73. The van der Waals surface area contributed by atoms with E-state index in [2.05, 4.69) is 6.58 Å². The van der Waals surface area contributed by atoms with E-state index in [1.807, 2.05) is 50.3 Å². The van der Waals surface area contributed by atoms with Gasteiger partial charge in [0.1, 0.15) is 12.4 Å².